The number of nitrogens with zero attached hydrogens (tertiary/aromatic N) is 1. The average molecular weight is 275 g/mol. The second-order valence-corrected chi connectivity index (χ2v) is 3.21. The fourth-order valence-corrected chi connectivity index (χ4v) is 0.748. The highest BCUT2D eigenvalue weighted by Gasteiger charge is 2.29. The average Bonchev–Trinajstić information content (AvgIpc) is 1.60. The van der Waals surface area contributed by atoms with E-state index in [4.69, 9.17) is 10.8 Å². The monoisotopic (exact) mass is 275 g/mol. The number of carboxylic acids is 1. The molecule has 1 atom stereocenters. The molecular weight excluding hydrogens is 259 g/mol. The minimum absolute atomic E-state index is 0. The van der Waals surface area contributed by atoms with Crippen molar-refractivity contribution in [2.24, 2.45) is 5.73 Å². The molecule has 0 aromatic carbocycles. The van der Waals surface area contributed by atoms with Crippen LogP contribution in [-0.4, -0.2) is 49.3 Å². The van der Waals surface area contributed by atoms with Crippen molar-refractivity contribution < 1.29 is 14.4 Å². The number of quaternary nitrogens is 1. The Labute approximate surface area is 84.0 Å². The Morgan fingerprint density at radius 2 is 1.91 bits per heavy atom. The highest BCUT2D eigenvalue weighted by atomic mass is 127. The number of carbonyl (C=O) groups is 1. The fraction of sp³-hybridized carbons (Fsp3) is 0.833. The van der Waals surface area contributed by atoms with Gasteiger partial charge in [0.2, 0.25) is 0 Å². The summed E-state index contributed by atoms with van der Waals surface area (Å²) in [5.74, 6) is -0.838. The topological polar surface area (TPSA) is 63.3 Å². The lowest BCUT2D eigenvalue weighted by Crippen LogP contribution is -2.53. The molecule has 0 aliphatic carbocycles. The Hall–Kier alpha value is 0.120. The van der Waals surface area contributed by atoms with Gasteiger partial charge >= 0.3 is 5.97 Å². The van der Waals surface area contributed by atoms with Crippen LogP contribution in [0.3, 0.4) is 0 Å². The molecule has 68 valence electrons. The van der Waals surface area contributed by atoms with E-state index >= 15 is 0 Å². The van der Waals surface area contributed by atoms with E-state index in [0.29, 0.717) is 4.48 Å². The molecule has 0 bridgehead atoms. The van der Waals surface area contributed by atoms with Gasteiger partial charge in [0.1, 0.15) is 0 Å². The SMILES string of the molecule is C[N+](C)(C)C(CN)C(=O)O.I. The summed E-state index contributed by atoms with van der Waals surface area (Å²) in [7, 11) is 5.43. The van der Waals surface area contributed by atoms with E-state index in [1.165, 1.54) is 0 Å². The molecule has 0 saturated carbocycles. The largest absolute Gasteiger partial charge is 0.477 e. The molecule has 0 aliphatic rings. The fourth-order valence-electron chi connectivity index (χ4n) is 0.748. The van der Waals surface area contributed by atoms with Crippen LogP contribution < -0.4 is 5.73 Å². The Kier molecular flexibility index (Phi) is 6.09. The van der Waals surface area contributed by atoms with Crippen molar-refractivity contribution in [1.29, 1.82) is 0 Å². The summed E-state index contributed by atoms with van der Waals surface area (Å²) in [4.78, 5) is 10.5. The Morgan fingerprint density at radius 3 is 1.91 bits per heavy atom. The van der Waals surface area contributed by atoms with Crippen molar-refractivity contribution in [2.75, 3.05) is 27.7 Å². The number of hydrogen-bond acceptors (Lipinski definition) is 2. The van der Waals surface area contributed by atoms with Gasteiger partial charge in [0.15, 0.2) is 6.04 Å². The van der Waals surface area contributed by atoms with Crippen molar-refractivity contribution in [1.82, 2.24) is 0 Å². The normalized spacial score (nSPS) is 13.5. The van der Waals surface area contributed by atoms with Crippen LogP contribution in [0.15, 0.2) is 0 Å². The highest BCUT2D eigenvalue weighted by molar-refractivity contribution is 14.0. The van der Waals surface area contributed by atoms with Crippen LogP contribution in [0.5, 0.6) is 0 Å². The standard InChI is InChI=1S/C6H14N2O2.HI/c1-8(2,3)5(4-7)6(9)10;/h5H,4,7H2,1-3H3;1H/p+1. The van der Waals surface area contributed by atoms with Gasteiger partial charge in [0.05, 0.1) is 27.7 Å². The molecule has 0 spiro atoms. The molecule has 3 N–H and O–H groups in total. The molecule has 0 amide bonds. The number of nitrogens with two attached hydrogens (primary N) is 1. The van der Waals surface area contributed by atoms with Crippen LogP contribution >= 0.6 is 24.0 Å². The van der Waals surface area contributed by atoms with Gasteiger partial charge in [-0.15, -0.1) is 24.0 Å². The van der Waals surface area contributed by atoms with E-state index in [1.54, 1.807) is 0 Å². The third-order valence-electron chi connectivity index (χ3n) is 1.44. The summed E-state index contributed by atoms with van der Waals surface area (Å²) in [6.45, 7) is 0.179. The maximum Gasteiger partial charge on any atom is 0.363 e. The number of halogens is 1. The molecule has 0 aromatic heterocycles. The highest BCUT2D eigenvalue weighted by Crippen LogP contribution is 2.00. The van der Waals surface area contributed by atoms with Crippen LogP contribution in [0.2, 0.25) is 0 Å². The van der Waals surface area contributed by atoms with E-state index in [0.717, 1.165) is 0 Å². The maximum absolute atomic E-state index is 10.5. The Balaban J connectivity index is 0. The molecule has 0 radical (unpaired) electrons. The molecule has 0 aliphatic heterocycles. The van der Waals surface area contributed by atoms with E-state index in [-0.39, 0.29) is 30.5 Å². The molecule has 0 rings (SSSR count). The van der Waals surface area contributed by atoms with Crippen LogP contribution in [0.4, 0.5) is 0 Å². The predicted molar refractivity (Wildman–Crippen MR) is 53.9 cm³/mol. The quantitative estimate of drug-likeness (QED) is 0.550. The van der Waals surface area contributed by atoms with Crippen molar-refractivity contribution in [2.45, 2.75) is 6.04 Å². The summed E-state index contributed by atoms with van der Waals surface area (Å²) in [5, 5.41) is 8.61. The molecule has 1 unspecified atom stereocenters. The van der Waals surface area contributed by atoms with E-state index in [9.17, 15) is 4.79 Å². The summed E-state index contributed by atoms with van der Waals surface area (Å²) < 4.78 is 0.367. The zero-order valence-corrected chi connectivity index (χ0v) is 9.40. The Morgan fingerprint density at radius 1 is 1.55 bits per heavy atom. The van der Waals surface area contributed by atoms with Gasteiger partial charge in [0.25, 0.3) is 0 Å². The second-order valence-electron chi connectivity index (χ2n) is 3.21. The smallest absolute Gasteiger partial charge is 0.363 e. The minimum Gasteiger partial charge on any atom is -0.477 e. The number of aliphatic carboxylic acids is 1. The molecule has 4 nitrogen and oxygen atoms in total. The summed E-state index contributed by atoms with van der Waals surface area (Å²) in [6.07, 6.45) is 0. The minimum atomic E-state index is -0.838. The third kappa shape index (κ3) is 4.54. The lowest BCUT2D eigenvalue weighted by Gasteiger charge is -2.29. The van der Waals surface area contributed by atoms with Gasteiger partial charge in [-0.25, -0.2) is 4.79 Å². The molecular formula is C6H16IN2O2+. The van der Waals surface area contributed by atoms with Gasteiger partial charge < -0.3 is 15.3 Å². The van der Waals surface area contributed by atoms with Crippen LogP contribution in [0, 0.1) is 0 Å². The summed E-state index contributed by atoms with van der Waals surface area (Å²) in [6, 6.07) is -0.500. The number of hydrogen-bond donors (Lipinski definition) is 2. The first-order valence-corrected chi connectivity index (χ1v) is 3.13. The van der Waals surface area contributed by atoms with Crippen molar-refractivity contribution in [3.63, 3.8) is 0 Å². The first-order chi connectivity index (χ1) is 4.39. The summed E-state index contributed by atoms with van der Waals surface area (Å²) >= 11 is 0. The van der Waals surface area contributed by atoms with E-state index in [2.05, 4.69) is 0 Å². The van der Waals surface area contributed by atoms with Gasteiger partial charge in [-0.1, -0.05) is 0 Å². The number of carboxylic acid groups (broad SMARTS) is 1. The van der Waals surface area contributed by atoms with Crippen molar-refractivity contribution >= 4 is 29.9 Å². The van der Waals surface area contributed by atoms with Crippen molar-refractivity contribution in [3.05, 3.63) is 0 Å². The molecule has 0 aromatic rings. The van der Waals surface area contributed by atoms with Gasteiger partial charge in [-0.3, -0.25) is 0 Å². The molecule has 5 heteroatoms. The number of likely N-dealkylation sites (N-methyl/N-ethyl adjacent to an activating group) is 1. The maximum atomic E-state index is 10.5. The zero-order chi connectivity index (χ0) is 8.36. The first kappa shape index (κ1) is 13.7. The van der Waals surface area contributed by atoms with Crippen LogP contribution in [0.1, 0.15) is 0 Å². The predicted octanol–water partition coefficient (Wildman–Crippen LogP) is -0.278. The lowest BCUT2D eigenvalue weighted by atomic mass is 10.2. The number of rotatable bonds is 3. The van der Waals surface area contributed by atoms with E-state index in [1.807, 2.05) is 21.1 Å². The first-order valence-electron chi connectivity index (χ1n) is 3.13. The zero-order valence-electron chi connectivity index (χ0n) is 7.07. The van der Waals surface area contributed by atoms with Crippen LogP contribution in [-0.2, 0) is 4.79 Å². The van der Waals surface area contributed by atoms with Crippen LogP contribution in [0.25, 0.3) is 0 Å². The molecule has 0 fully saturated rings. The van der Waals surface area contributed by atoms with Gasteiger partial charge in [-0.2, -0.15) is 0 Å². The molecule has 11 heavy (non-hydrogen) atoms. The van der Waals surface area contributed by atoms with Gasteiger partial charge in [-0.05, 0) is 0 Å². The summed E-state index contributed by atoms with van der Waals surface area (Å²) in [5.41, 5.74) is 5.26. The molecule has 0 heterocycles. The third-order valence-corrected chi connectivity index (χ3v) is 1.44. The van der Waals surface area contributed by atoms with E-state index < -0.39 is 12.0 Å². The lowest BCUT2D eigenvalue weighted by molar-refractivity contribution is -0.885. The van der Waals surface area contributed by atoms with Crippen molar-refractivity contribution in [3.8, 4) is 0 Å². The second kappa shape index (κ2) is 4.89. The Bertz CT molecular complexity index is 133. The van der Waals surface area contributed by atoms with Gasteiger partial charge in [0, 0.05) is 0 Å². The molecule has 0 saturated heterocycles.